The van der Waals surface area contributed by atoms with Crippen molar-refractivity contribution in [2.45, 2.75) is 19.8 Å². The molecule has 0 saturated heterocycles. The van der Waals surface area contributed by atoms with Crippen LogP contribution in [0.3, 0.4) is 0 Å². The first-order valence-electron chi connectivity index (χ1n) is 6.12. The standard InChI is InChI=1S/C15H14N2O2/c1-2-5-11-6-3-4-7-13(11)17-9-8-12(10-16)14(17)15(18)19/h3-4,6-9H,2,5H2,1H3,(H,18,19). The Labute approximate surface area is 111 Å². The Morgan fingerprint density at radius 3 is 2.74 bits per heavy atom. The average Bonchev–Trinajstić information content (AvgIpc) is 2.83. The maximum absolute atomic E-state index is 11.3. The molecule has 1 heterocycles. The van der Waals surface area contributed by atoms with Crippen LogP contribution in [-0.2, 0) is 6.42 Å². The third kappa shape index (κ3) is 2.36. The quantitative estimate of drug-likeness (QED) is 0.912. The SMILES string of the molecule is CCCc1ccccc1-n1ccc(C#N)c1C(=O)O. The van der Waals surface area contributed by atoms with Crippen LogP contribution < -0.4 is 0 Å². The topological polar surface area (TPSA) is 66.0 Å². The van der Waals surface area contributed by atoms with Crippen LogP contribution >= 0.6 is 0 Å². The molecule has 0 unspecified atom stereocenters. The smallest absolute Gasteiger partial charge is 0.354 e. The number of rotatable bonds is 4. The summed E-state index contributed by atoms with van der Waals surface area (Å²) < 4.78 is 1.58. The fraction of sp³-hybridized carbons (Fsp3) is 0.200. The first-order valence-corrected chi connectivity index (χ1v) is 6.12. The lowest BCUT2D eigenvalue weighted by atomic mass is 10.1. The predicted octanol–water partition coefficient (Wildman–Crippen LogP) is 3.00. The van der Waals surface area contributed by atoms with E-state index in [-0.39, 0.29) is 11.3 Å². The number of carboxylic acids is 1. The van der Waals surface area contributed by atoms with E-state index in [1.165, 1.54) is 6.07 Å². The summed E-state index contributed by atoms with van der Waals surface area (Å²) in [7, 11) is 0. The van der Waals surface area contributed by atoms with E-state index >= 15 is 0 Å². The highest BCUT2D eigenvalue weighted by atomic mass is 16.4. The summed E-state index contributed by atoms with van der Waals surface area (Å²) >= 11 is 0. The van der Waals surface area contributed by atoms with Gasteiger partial charge in [0.1, 0.15) is 11.8 Å². The zero-order valence-corrected chi connectivity index (χ0v) is 10.6. The van der Waals surface area contributed by atoms with Gasteiger partial charge in [-0.15, -0.1) is 0 Å². The number of hydrogen-bond donors (Lipinski definition) is 1. The van der Waals surface area contributed by atoms with Gasteiger partial charge < -0.3 is 9.67 Å². The van der Waals surface area contributed by atoms with Crippen molar-refractivity contribution in [1.29, 1.82) is 5.26 Å². The highest BCUT2D eigenvalue weighted by molar-refractivity contribution is 5.89. The number of para-hydroxylation sites is 1. The third-order valence-corrected chi connectivity index (χ3v) is 2.98. The lowest BCUT2D eigenvalue weighted by Crippen LogP contribution is -2.09. The van der Waals surface area contributed by atoms with Gasteiger partial charge in [-0.25, -0.2) is 4.79 Å². The Bertz CT molecular complexity index is 650. The molecule has 0 aliphatic heterocycles. The maximum atomic E-state index is 11.3. The molecule has 1 aromatic carbocycles. The van der Waals surface area contributed by atoms with Gasteiger partial charge in [-0.1, -0.05) is 31.5 Å². The molecule has 0 fully saturated rings. The van der Waals surface area contributed by atoms with Crippen molar-refractivity contribution in [3.63, 3.8) is 0 Å². The van der Waals surface area contributed by atoms with E-state index in [0.29, 0.717) is 0 Å². The fourth-order valence-electron chi connectivity index (χ4n) is 2.17. The van der Waals surface area contributed by atoms with Crippen LogP contribution in [0.5, 0.6) is 0 Å². The average molecular weight is 254 g/mol. The van der Waals surface area contributed by atoms with E-state index in [4.69, 9.17) is 5.26 Å². The summed E-state index contributed by atoms with van der Waals surface area (Å²) in [5.41, 5.74) is 2.10. The minimum atomic E-state index is -1.09. The van der Waals surface area contributed by atoms with Crippen molar-refractivity contribution in [3.8, 4) is 11.8 Å². The highest BCUT2D eigenvalue weighted by Crippen LogP contribution is 2.21. The lowest BCUT2D eigenvalue weighted by molar-refractivity contribution is 0.0688. The Morgan fingerprint density at radius 1 is 1.37 bits per heavy atom. The van der Waals surface area contributed by atoms with Gasteiger partial charge in [0.15, 0.2) is 0 Å². The molecule has 0 aliphatic rings. The molecule has 2 aromatic rings. The molecule has 0 amide bonds. The predicted molar refractivity (Wildman–Crippen MR) is 71.4 cm³/mol. The molecule has 4 heteroatoms. The Morgan fingerprint density at radius 2 is 2.11 bits per heavy atom. The number of benzene rings is 1. The van der Waals surface area contributed by atoms with Gasteiger partial charge in [0, 0.05) is 11.9 Å². The van der Waals surface area contributed by atoms with Gasteiger partial charge in [-0.3, -0.25) is 0 Å². The number of carbonyl (C=O) groups is 1. The van der Waals surface area contributed by atoms with Crippen LogP contribution in [-0.4, -0.2) is 15.6 Å². The minimum Gasteiger partial charge on any atom is -0.477 e. The molecule has 0 atom stereocenters. The molecular weight excluding hydrogens is 240 g/mol. The minimum absolute atomic E-state index is 0.0195. The molecule has 19 heavy (non-hydrogen) atoms. The van der Waals surface area contributed by atoms with Crippen molar-refractivity contribution < 1.29 is 9.90 Å². The largest absolute Gasteiger partial charge is 0.477 e. The van der Waals surface area contributed by atoms with Crippen LogP contribution in [0.25, 0.3) is 5.69 Å². The second-order valence-electron chi connectivity index (χ2n) is 4.24. The van der Waals surface area contributed by atoms with Gasteiger partial charge in [0.05, 0.1) is 5.56 Å². The van der Waals surface area contributed by atoms with Crippen molar-refractivity contribution in [2.75, 3.05) is 0 Å². The summed E-state index contributed by atoms with van der Waals surface area (Å²) in [6.07, 6.45) is 3.48. The first-order chi connectivity index (χ1) is 9.19. The number of nitrogens with zero attached hydrogens (tertiary/aromatic N) is 2. The number of aryl methyl sites for hydroxylation is 1. The van der Waals surface area contributed by atoms with E-state index in [0.717, 1.165) is 24.1 Å². The van der Waals surface area contributed by atoms with Crippen LogP contribution in [0.2, 0.25) is 0 Å². The van der Waals surface area contributed by atoms with Crippen molar-refractivity contribution in [1.82, 2.24) is 4.57 Å². The summed E-state index contributed by atoms with van der Waals surface area (Å²) in [5, 5.41) is 18.3. The zero-order valence-electron chi connectivity index (χ0n) is 10.6. The number of nitriles is 1. The first kappa shape index (κ1) is 12.9. The van der Waals surface area contributed by atoms with Crippen molar-refractivity contribution >= 4 is 5.97 Å². The van der Waals surface area contributed by atoms with Crippen molar-refractivity contribution in [2.24, 2.45) is 0 Å². The molecule has 1 N–H and O–H groups in total. The van der Waals surface area contributed by atoms with Gasteiger partial charge in [0.25, 0.3) is 0 Å². The normalized spacial score (nSPS) is 10.1. The summed E-state index contributed by atoms with van der Waals surface area (Å²) in [5.74, 6) is -1.09. The monoisotopic (exact) mass is 254 g/mol. The summed E-state index contributed by atoms with van der Waals surface area (Å²) in [6, 6.07) is 11.1. The fourth-order valence-corrected chi connectivity index (χ4v) is 2.17. The van der Waals surface area contributed by atoms with E-state index < -0.39 is 5.97 Å². The molecule has 4 nitrogen and oxygen atoms in total. The number of aromatic nitrogens is 1. The van der Waals surface area contributed by atoms with Crippen LogP contribution in [0.4, 0.5) is 0 Å². The maximum Gasteiger partial charge on any atom is 0.354 e. The summed E-state index contributed by atoms with van der Waals surface area (Å²) in [4.78, 5) is 11.3. The Balaban J connectivity index is 2.63. The molecule has 96 valence electrons. The lowest BCUT2D eigenvalue weighted by Gasteiger charge is -2.12. The van der Waals surface area contributed by atoms with Crippen molar-refractivity contribution in [3.05, 3.63) is 53.3 Å². The van der Waals surface area contributed by atoms with Crippen LogP contribution in [0.15, 0.2) is 36.5 Å². The number of aromatic carboxylic acids is 1. The summed E-state index contributed by atoms with van der Waals surface area (Å²) in [6.45, 7) is 2.07. The van der Waals surface area contributed by atoms with Gasteiger partial charge in [0.2, 0.25) is 0 Å². The van der Waals surface area contributed by atoms with E-state index in [9.17, 15) is 9.90 Å². The van der Waals surface area contributed by atoms with E-state index in [1.807, 2.05) is 30.3 Å². The molecular formula is C15H14N2O2. The highest BCUT2D eigenvalue weighted by Gasteiger charge is 2.18. The molecule has 0 saturated carbocycles. The van der Waals surface area contributed by atoms with Gasteiger partial charge in [-0.2, -0.15) is 5.26 Å². The van der Waals surface area contributed by atoms with E-state index in [1.54, 1.807) is 10.8 Å². The van der Waals surface area contributed by atoms with Gasteiger partial charge >= 0.3 is 5.97 Å². The van der Waals surface area contributed by atoms with Crippen LogP contribution in [0, 0.1) is 11.3 Å². The third-order valence-electron chi connectivity index (χ3n) is 2.98. The molecule has 0 radical (unpaired) electrons. The van der Waals surface area contributed by atoms with E-state index in [2.05, 4.69) is 6.92 Å². The van der Waals surface area contributed by atoms with Gasteiger partial charge in [-0.05, 0) is 24.1 Å². The zero-order chi connectivity index (χ0) is 13.8. The molecule has 0 bridgehead atoms. The molecule has 0 spiro atoms. The molecule has 1 aromatic heterocycles. The number of carboxylic acid groups (broad SMARTS) is 1. The Hall–Kier alpha value is -2.54. The van der Waals surface area contributed by atoms with Crippen LogP contribution in [0.1, 0.15) is 35.0 Å². The second kappa shape index (κ2) is 5.40. The molecule has 0 aliphatic carbocycles. The molecule has 2 rings (SSSR count). The second-order valence-corrected chi connectivity index (χ2v) is 4.24. The Kier molecular flexibility index (Phi) is 3.67. The number of hydrogen-bond acceptors (Lipinski definition) is 2.